The number of fused-ring (bicyclic) bond motifs is 4. The molecule has 0 fully saturated rings. The van der Waals surface area contributed by atoms with Crippen LogP contribution in [0.15, 0.2) is 36.5 Å². The molecule has 1 aromatic heterocycles. The molecular weight excluding hydrogens is 420 g/mol. The summed E-state index contributed by atoms with van der Waals surface area (Å²) in [6.45, 7) is 5.89. The van der Waals surface area contributed by atoms with Crippen LogP contribution in [0.2, 0.25) is 0 Å². The second-order valence-corrected chi connectivity index (χ2v) is 9.37. The summed E-state index contributed by atoms with van der Waals surface area (Å²) in [7, 11) is 2.72. The maximum Gasteiger partial charge on any atom is 0.359 e. The molecule has 0 aliphatic carbocycles. The number of rotatable bonds is 4. The smallest absolute Gasteiger partial charge is 0.359 e. The van der Waals surface area contributed by atoms with Gasteiger partial charge in [-0.1, -0.05) is 32.0 Å². The van der Waals surface area contributed by atoms with Crippen molar-refractivity contribution in [1.82, 2.24) is 9.47 Å². The van der Waals surface area contributed by atoms with Crippen molar-refractivity contribution in [3.8, 4) is 0 Å². The molecule has 2 aromatic rings. The summed E-state index contributed by atoms with van der Waals surface area (Å²) in [6.07, 6.45) is 6.91. The van der Waals surface area contributed by atoms with Gasteiger partial charge in [0, 0.05) is 48.8 Å². The van der Waals surface area contributed by atoms with E-state index in [1.807, 2.05) is 29.0 Å². The first-order valence-electron chi connectivity index (χ1n) is 11.7. The average molecular weight is 455 g/mol. The molecule has 3 heterocycles. The lowest BCUT2D eigenvalue weighted by molar-refractivity contribution is -0.186. The van der Waals surface area contributed by atoms with E-state index in [0.717, 1.165) is 60.9 Å². The second-order valence-electron chi connectivity index (χ2n) is 9.37. The first-order chi connectivity index (χ1) is 15.8. The highest BCUT2D eigenvalue weighted by Crippen LogP contribution is 2.56. The molecule has 0 saturated carbocycles. The van der Waals surface area contributed by atoms with E-state index in [9.17, 15) is 14.7 Å². The molecule has 7 heteroatoms. The number of hydrogen-bond donors (Lipinski definition) is 1. The van der Waals surface area contributed by atoms with Gasteiger partial charge < -0.3 is 24.0 Å². The van der Waals surface area contributed by atoms with Crippen LogP contribution >= 0.6 is 0 Å². The topological polar surface area (TPSA) is 81.0 Å². The van der Waals surface area contributed by atoms with E-state index >= 15 is 0 Å². The number of hydrogen-bond acceptors (Lipinski definition) is 6. The molecule has 0 radical (unpaired) electrons. The fourth-order valence-corrected chi connectivity index (χ4v) is 6.08. The van der Waals surface area contributed by atoms with Crippen LogP contribution in [0.3, 0.4) is 0 Å². The summed E-state index contributed by atoms with van der Waals surface area (Å²) in [6, 6.07) is 7.96. The van der Waals surface area contributed by atoms with E-state index in [1.165, 1.54) is 20.3 Å². The van der Waals surface area contributed by atoms with Gasteiger partial charge in [0.25, 0.3) is 0 Å². The van der Waals surface area contributed by atoms with Gasteiger partial charge in [-0.05, 0) is 42.7 Å². The predicted molar refractivity (Wildman–Crippen MR) is 126 cm³/mol. The minimum atomic E-state index is -1.74. The van der Waals surface area contributed by atoms with Crippen molar-refractivity contribution in [3.05, 3.63) is 47.8 Å². The Hall–Kier alpha value is -2.80. The Kier molecular flexibility index (Phi) is 6.27. The van der Waals surface area contributed by atoms with E-state index in [2.05, 4.69) is 24.8 Å². The normalized spacial score (nSPS) is 27.5. The van der Waals surface area contributed by atoms with E-state index < -0.39 is 11.7 Å². The summed E-state index contributed by atoms with van der Waals surface area (Å²) in [5, 5.41) is 13.0. The van der Waals surface area contributed by atoms with Gasteiger partial charge in [-0.2, -0.15) is 0 Å². The number of methoxy groups -OCH3 is 2. The first-order valence-corrected chi connectivity index (χ1v) is 11.7. The number of benzene rings is 1. The lowest BCUT2D eigenvalue weighted by Gasteiger charge is -2.50. The zero-order valence-corrected chi connectivity index (χ0v) is 20.0. The third kappa shape index (κ3) is 3.72. The van der Waals surface area contributed by atoms with Crippen LogP contribution < -0.4 is 0 Å². The van der Waals surface area contributed by atoms with Crippen molar-refractivity contribution in [2.75, 3.05) is 27.3 Å². The molecule has 7 nitrogen and oxygen atoms in total. The van der Waals surface area contributed by atoms with Crippen molar-refractivity contribution >= 4 is 22.8 Å². The van der Waals surface area contributed by atoms with E-state index in [-0.39, 0.29) is 17.3 Å². The minimum absolute atomic E-state index is 0.173. The van der Waals surface area contributed by atoms with Gasteiger partial charge in [-0.25, -0.2) is 9.59 Å². The van der Waals surface area contributed by atoms with Gasteiger partial charge in [0.05, 0.1) is 19.7 Å². The summed E-state index contributed by atoms with van der Waals surface area (Å²) < 4.78 is 11.8. The number of esters is 2. The molecule has 33 heavy (non-hydrogen) atoms. The van der Waals surface area contributed by atoms with Gasteiger partial charge in [-0.15, -0.1) is 0 Å². The van der Waals surface area contributed by atoms with Crippen molar-refractivity contribution in [2.45, 2.75) is 57.6 Å². The number of para-hydroxylation sites is 1. The fourth-order valence-electron chi connectivity index (χ4n) is 6.08. The molecule has 2 aliphatic heterocycles. The number of ether oxygens (including phenoxy) is 2. The van der Waals surface area contributed by atoms with Gasteiger partial charge in [0.15, 0.2) is 0 Å². The molecule has 178 valence electrons. The van der Waals surface area contributed by atoms with Crippen LogP contribution in [0.25, 0.3) is 10.9 Å². The average Bonchev–Trinajstić information content (AvgIpc) is 3.17. The Balaban J connectivity index is 1.92. The molecule has 0 saturated heterocycles. The molecule has 4 rings (SSSR count). The summed E-state index contributed by atoms with van der Waals surface area (Å²) in [5.41, 5.74) is 1.03. The van der Waals surface area contributed by atoms with Crippen LogP contribution in [0.4, 0.5) is 0 Å². The Morgan fingerprint density at radius 3 is 2.67 bits per heavy atom. The zero-order valence-electron chi connectivity index (χ0n) is 20.0. The maximum atomic E-state index is 13.1. The fraction of sp³-hybridized carbons (Fsp3) is 0.538. The van der Waals surface area contributed by atoms with Crippen LogP contribution in [0, 0.1) is 5.41 Å². The Bertz CT molecular complexity index is 1090. The number of aliphatic hydroxyl groups is 1. The lowest BCUT2D eigenvalue weighted by Crippen LogP contribution is -2.53. The summed E-state index contributed by atoms with van der Waals surface area (Å²) in [4.78, 5) is 26.9. The molecule has 1 N–H and O–H groups in total. The highest BCUT2D eigenvalue weighted by molar-refractivity contribution is 5.89. The SMILES string of the molecule is CC[C@]12CCCN(/C=C/C(=O)OC)CCc3c(n(c4ccccc34)[C@@](O)(C(=O)OC)C1)[C@@H]2C. The monoisotopic (exact) mass is 454 g/mol. The van der Waals surface area contributed by atoms with Crippen LogP contribution in [0.1, 0.15) is 56.7 Å². The minimum Gasteiger partial charge on any atom is -0.466 e. The third-order valence-corrected chi connectivity index (χ3v) is 7.93. The van der Waals surface area contributed by atoms with Crippen molar-refractivity contribution in [3.63, 3.8) is 0 Å². The quantitative estimate of drug-likeness (QED) is 0.561. The number of nitrogens with zero attached hydrogens (tertiary/aromatic N) is 2. The highest BCUT2D eigenvalue weighted by atomic mass is 16.5. The van der Waals surface area contributed by atoms with E-state index in [0.29, 0.717) is 6.42 Å². The van der Waals surface area contributed by atoms with Crippen LogP contribution in [-0.2, 0) is 31.2 Å². The molecule has 2 bridgehead atoms. The molecule has 0 spiro atoms. The molecule has 0 amide bonds. The van der Waals surface area contributed by atoms with Gasteiger partial charge >= 0.3 is 11.9 Å². The van der Waals surface area contributed by atoms with Crippen LogP contribution in [-0.4, -0.2) is 53.8 Å². The standard InChI is InChI=1S/C26H34N2O5/c1-5-25-13-8-14-27(16-12-22(29)32-3)15-11-20-19-9-6-7-10-21(19)28(23(20)18(25)2)26(31,17-25)24(30)33-4/h6-7,9-10,12,16,18,31H,5,8,11,13-15,17H2,1-4H3/b16-12+/t18-,25-,26-/m0/s1. The van der Waals surface area contributed by atoms with Gasteiger partial charge in [-0.3, -0.25) is 0 Å². The predicted octanol–water partition coefficient (Wildman–Crippen LogP) is 3.69. The molecule has 3 atom stereocenters. The molecule has 1 aromatic carbocycles. The van der Waals surface area contributed by atoms with Crippen molar-refractivity contribution in [1.29, 1.82) is 0 Å². The number of aromatic nitrogens is 1. The van der Waals surface area contributed by atoms with Crippen molar-refractivity contribution < 1.29 is 24.2 Å². The zero-order chi connectivity index (χ0) is 23.8. The first kappa shape index (κ1) is 23.4. The largest absolute Gasteiger partial charge is 0.466 e. The highest BCUT2D eigenvalue weighted by Gasteiger charge is 2.55. The van der Waals surface area contributed by atoms with Crippen LogP contribution in [0.5, 0.6) is 0 Å². The molecule has 0 unspecified atom stereocenters. The van der Waals surface area contributed by atoms with Gasteiger partial charge in [0.2, 0.25) is 5.72 Å². The Morgan fingerprint density at radius 1 is 1.21 bits per heavy atom. The van der Waals surface area contributed by atoms with Gasteiger partial charge in [0.1, 0.15) is 0 Å². The summed E-state index contributed by atoms with van der Waals surface area (Å²) >= 11 is 0. The maximum absolute atomic E-state index is 13.1. The number of carbonyl (C=O) groups is 2. The number of carbonyl (C=O) groups excluding carboxylic acids is 2. The molecule has 2 aliphatic rings. The van der Waals surface area contributed by atoms with E-state index in [1.54, 1.807) is 0 Å². The molecular formula is C26H34N2O5. The lowest BCUT2D eigenvalue weighted by atomic mass is 9.62. The Labute approximate surface area is 195 Å². The summed E-state index contributed by atoms with van der Waals surface area (Å²) in [5.74, 6) is -0.808. The second kappa shape index (κ2) is 8.86. The Morgan fingerprint density at radius 2 is 1.97 bits per heavy atom. The van der Waals surface area contributed by atoms with Crippen molar-refractivity contribution in [2.24, 2.45) is 5.41 Å². The third-order valence-electron chi connectivity index (χ3n) is 7.93. The van der Waals surface area contributed by atoms with E-state index in [4.69, 9.17) is 9.47 Å².